The monoisotopic (exact) mass is 334 g/mol. The van der Waals surface area contributed by atoms with Crippen LogP contribution in [-0.4, -0.2) is 41.6 Å². The van der Waals surface area contributed by atoms with E-state index in [1.54, 1.807) is 11.8 Å². The Labute approximate surface area is 138 Å². The summed E-state index contributed by atoms with van der Waals surface area (Å²) in [4.78, 5) is 36.5. The van der Waals surface area contributed by atoms with E-state index in [4.69, 9.17) is 4.74 Å². The third-order valence-electron chi connectivity index (χ3n) is 4.66. The molecule has 0 aliphatic carbocycles. The van der Waals surface area contributed by atoms with Gasteiger partial charge < -0.3 is 9.47 Å². The first-order chi connectivity index (χ1) is 11.5. The molecule has 0 aromatic heterocycles. The lowest BCUT2D eigenvalue weighted by Crippen LogP contribution is -2.42. The molecule has 0 N–H and O–H groups in total. The molecule has 1 aromatic carbocycles. The number of rotatable bonds is 3. The molecule has 8 heteroatoms. The summed E-state index contributed by atoms with van der Waals surface area (Å²) in [6, 6.07) is 2.69. The molecule has 0 saturated carbocycles. The van der Waals surface area contributed by atoms with Gasteiger partial charge in [0.1, 0.15) is 5.56 Å². The smallest absolute Gasteiger partial charge is 0.410 e. The van der Waals surface area contributed by atoms with Gasteiger partial charge in [-0.1, -0.05) is 0 Å². The van der Waals surface area contributed by atoms with Crippen LogP contribution in [0.1, 0.15) is 47.3 Å². The minimum absolute atomic E-state index is 0.0230. The van der Waals surface area contributed by atoms with E-state index in [-0.39, 0.29) is 36.0 Å². The van der Waals surface area contributed by atoms with E-state index >= 15 is 0 Å². The molecule has 0 spiro atoms. The zero-order chi connectivity index (χ0) is 17.4. The van der Waals surface area contributed by atoms with E-state index in [0.717, 1.165) is 24.0 Å². The highest BCUT2D eigenvalue weighted by atomic mass is 16.6. The van der Waals surface area contributed by atoms with Gasteiger partial charge in [0.05, 0.1) is 24.7 Å². The van der Waals surface area contributed by atoms with Crippen LogP contribution in [0.2, 0.25) is 0 Å². The first kappa shape index (κ1) is 16.2. The molecule has 8 nitrogen and oxygen atoms in total. The number of methoxy groups -OCH3 is 1. The largest absolute Gasteiger partial charge is 0.465 e. The predicted molar refractivity (Wildman–Crippen MR) is 82.8 cm³/mol. The summed E-state index contributed by atoms with van der Waals surface area (Å²) in [7, 11) is 1.18. The Morgan fingerprint density at radius 1 is 1.38 bits per heavy atom. The number of esters is 1. The zero-order valence-corrected chi connectivity index (χ0v) is 13.5. The Morgan fingerprint density at radius 3 is 2.75 bits per heavy atom. The highest BCUT2D eigenvalue weighted by molar-refractivity contribution is 5.94. The number of ether oxygens (including phenoxy) is 2. The van der Waals surface area contributed by atoms with Gasteiger partial charge in [-0.25, -0.2) is 9.59 Å². The summed E-state index contributed by atoms with van der Waals surface area (Å²) < 4.78 is 9.79. The topological polar surface area (TPSA) is 99.0 Å². The summed E-state index contributed by atoms with van der Waals surface area (Å²) in [5.74, 6) is -0.757. The molecule has 0 radical (unpaired) electrons. The van der Waals surface area contributed by atoms with Gasteiger partial charge in [-0.2, -0.15) is 0 Å². The van der Waals surface area contributed by atoms with Gasteiger partial charge in [-0.3, -0.25) is 15.0 Å². The first-order valence-electron chi connectivity index (χ1n) is 7.82. The number of nitro groups is 1. The fourth-order valence-electron chi connectivity index (χ4n) is 3.68. The minimum atomic E-state index is -0.757. The van der Waals surface area contributed by atoms with Gasteiger partial charge in [-0.05, 0) is 43.4 Å². The molecule has 2 aliphatic heterocycles. The molecule has 1 saturated heterocycles. The summed E-state index contributed by atoms with van der Waals surface area (Å²) in [5.41, 5.74) is 1.23. The Kier molecular flexibility index (Phi) is 4.13. The lowest BCUT2D eigenvalue weighted by molar-refractivity contribution is -0.385. The second kappa shape index (κ2) is 6.10. The summed E-state index contributed by atoms with van der Waals surface area (Å²) in [6.45, 7) is 2.03. The van der Waals surface area contributed by atoms with E-state index in [0.29, 0.717) is 6.42 Å². The number of benzene rings is 1. The van der Waals surface area contributed by atoms with Crippen LogP contribution in [0.4, 0.5) is 10.5 Å². The van der Waals surface area contributed by atoms with Gasteiger partial charge >= 0.3 is 12.1 Å². The number of nitro benzene ring substituents is 1. The second-order valence-corrected chi connectivity index (χ2v) is 5.87. The Bertz CT molecular complexity index is 717. The maximum absolute atomic E-state index is 12.2. The van der Waals surface area contributed by atoms with Gasteiger partial charge in [0.2, 0.25) is 0 Å². The van der Waals surface area contributed by atoms with Crippen molar-refractivity contribution in [3.05, 3.63) is 38.9 Å². The number of carbonyl (C=O) groups is 2. The molecule has 128 valence electrons. The van der Waals surface area contributed by atoms with Crippen molar-refractivity contribution in [1.29, 1.82) is 0 Å². The van der Waals surface area contributed by atoms with Gasteiger partial charge in [0, 0.05) is 12.1 Å². The highest BCUT2D eigenvalue weighted by Gasteiger charge is 2.44. The van der Waals surface area contributed by atoms with Crippen molar-refractivity contribution < 1.29 is 24.0 Å². The van der Waals surface area contributed by atoms with Crippen molar-refractivity contribution >= 4 is 17.7 Å². The molecular formula is C16H18N2O6. The number of carbonyl (C=O) groups excluding carboxylic acids is 2. The first-order valence-corrected chi connectivity index (χ1v) is 7.82. The van der Waals surface area contributed by atoms with Crippen LogP contribution in [0.3, 0.4) is 0 Å². The average molecular weight is 334 g/mol. The van der Waals surface area contributed by atoms with Crippen molar-refractivity contribution in [2.45, 2.75) is 38.3 Å². The van der Waals surface area contributed by atoms with Crippen LogP contribution in [0.5, 0.6) is 0 Å². The van der Waals surface area contributed by atoms with Crippen LogP contribution >= 0.6 is 0 Å². The van der Waals surface area contributed by atoms with Crippen molar-refractivity contribution in [3.8, 4) is 0 Å². The van der Waals surface area contributed by atoms with E-state index in [2.05, 4.69) is 4.74 Å². The number of amides is 1. The summed E-state index contributed by atoms with van der Waals surface area (Å²) >= 11 is 0. The molecule has 24 heavy (non-hydrogen) atoms. The van der Waals surface area contributed by atoms with Crippen molar-refractivity contribution in [2.75, 3.05) is 13.7 Å². The average Bonchev–Trinajstić information content (AvgIpc) is 2.89. The molecule has 3 rings (SSSR count). The van der Waals surface area contributed by atoms with Crippen LogP contribution < -0.4 is 0 Å². The summed E-state index contributed by atoms with van der Waals surface area (Å²) in [6.07, 6.45) is 1.69. The Hall–Kier alpha value is -2.64. The summed E-state index contributed by atoms with van der Waals surface area (Å²) in [5, 5.41) is 11.3. The number of hydrogen-bond donors (Lipinski definition) is 0. The lowest BCUT2D eigenvalue weighted by Gasteiger charge is -2.35. The SMILES string of the molecule is CCOC(=O)N1C2CCC1c1cc(C(=O)OC)c([N+](=O)[O-])cc1C2. The molecule has 2 atom stereocenters. The van der Waals surface area contributed by atoms with Crippen molar-refractivity contribution in [3.63, 3.8) is 0 Å². The van der Waals surface area contributed by atoms with Gasteiger partial charge in [0.25, 0.3) is 5.69 Å². The van der Waals surface area contributed by atoms with Crippen LogP contribution in [-0.2, 0) is 15.9 Å². The molecule has 2 unspecified atom stereocenters. The Morgan fingerprint density at radius 2 is 2.12 bits per heavy atom. The van der Waals surface area contributed by atoms with Crippen molar-refractivity contribution in [1.82, 2.24) is 4.90 Å². The van der Waals surface area contributed by atoms with E-state index < -0.39 is 10.9 Å². The number of fused-ring (bicyclic) bond motifs is 4. The zero-order valence-electron chi connectivity index (χ0n) is 13.5. The fraction of sp³-hybridized carbons (Fsp3) is 0.500. The van der Waals surface area contributed by atoms with Crippen LogP contribution in [0.15, 0.2) is 12.1 Å². The second-order valence-electron chi connectivity index (χ2n) is 5.87. The molecular weight excluding hydrogens is 316 g/mol. The van der Waals surface area contributed by atoms with Gasteiger partial charge in [0.15, 0.2) is 0 Å². The highest BCUT2D eigenvalue weighted by Crippen LogP contribution is 2.45. The molecule has 1 aromatic rings. The maximum Gasteiger partial charge on any atom is 0.410 e. The molecule has 2 heterocycles. The van der Waals surface area contributed by atoms with E-state index in [9.17, 15) is 19.7 Å². The van der Waals surface area contributed by atoms with E-state index in [1.165, 1.54) is 19.2 Å². The minimum Gasteiger partial charge on any atom is -0.465 e. The van der Waals surface area contributed by atoms with Crippen molar-refractivity contribution in [2.24, 2.45) is 0 Å². The quantitative estimate of drug-likeness (QED) is 0.478. The molecule has 1 amide bonds. The molecule has 2 aliphatic rings. The standard InChI is InChI=1S/C16H18N2O6/c1-3-24-16(20)17-10-4-5-13(17)11-8-12(15(19)23-2)14(18(21)22)7-9(11)6-10/h7-8,10,13H,3-6H2,1-2H3. The normalized spacial score (nSPS) is 21.2. The fourth-order valence-corrected chi connectivity index (χ4v) is 3.68. The number of hydrogen-bond acceptors (Lipinski definition) is 6. The third kappa shape index (κ3) is 2.47. The van der Waals surface area contributed by atoms with Crippen LogP contribution in [0.25, 0.3) is 0 Å². The van der Waals surface area contributed by atoms with Gasteiger partial charge in [-0.15, -0.1) is 0 Å². The maximum atomic E-state index is 12.2. The lowest BCUT2D eigenvalue weighted by atomic mass is 9.91. The molecule has 2 bridgehead atoms. The Balaban J connectivity index is 2.07. The third-order valence-corrected chi connectivity index (χ3v) is 4.66. The van der Waals surface area contributed by atoms with E-state index in [1.807, 2.05) is 0 Å². The number of nitrogens with zero attached hydrogens (tertiary/aromatic N) is 2. The van der Waals surface area contributed by atoms with Crippen LogP contribution in [0, 0.1) is 10.1 Å². The molecule has 1 fully saturated rings. The predicted octanol–water partition coefficient (Wildman–Crippen LogP) is 2.60.